The van der Waals surface area contributed by atoms with Crippen molar-refractivity contribution in [2.45, 2.75) is 111 Å². The third kappa shape index (κ3) is 3.28. The third-order valence-electron chi connectivity index (χ3n) is 10.3. The number of hydrogen-bond donors (Lipinski definition) is 2. The average Bonchev–Trinajstić information content (AvgIpc) is 2.94. The molecule has 0 bridgehead atoms. The number of aliphatic hydroxyl groups excluding tert-OH is 1. The van der Waals surface area contributed by atoms with Crippen LogP contribution in [0.5, 0.6) is 0 Å². The maximum absolute atomic E-state index is 12.0. The van der Waals surface area contributed by atoms with Crippen LogP contribution in [0.4, 0.5) is 0 Å². The van der Waals surface area contributed by atoms with Crippen LogP contribution in [0.25, 0.3) is 0 Å². The molecule has 4 rings (SSSR count). The van der Waals surface area contributed by atoms with Gasteiger partial charge in [-0.05, 0) is 113 Å². The summed E-state index contributed by atoms with van der Waals surface area (Å²) in [6, 6.07) is 0. The molecule has 0 aromatic carbocycles. The average molecular weight is 401 g/mol. The summed E-state index contributed by atoms with van der Waals surface area (Å²) in [5.41, 5.74) is 2.78. The topological polar surface area (TPSA) is 40.5 Å². The largest absolute Gasteiger partial charge is 0.393 e. The molecule has 0 radical (unpaired) electrons. The van der Waals surface area contributed by atoms with Gasteiger partial charge in [-0.3, -0.25) is 0 Å². The Morgan fingerprint density at radius 2 is 1.86 bits per heavy atom. The highest BCUT2D eigenvalue weighted by molar-refractivity contribution is 5.26. The van der Waals surface area contributed by atoms with Gasteiger partial charge in [0.05, 0.1) is 11.7 Å². The summed E-state index contributed by atoms with van der Waals surface area (Å²) in [6.45, 7) is 11.6. The molecule has 3 saturated carbocycles. The lowest BCUT2D eigenvalue weighted by Gasteiger charge is -2.59. The van der Waals surface area contributed by atoms with Crippen LogP contribution in [0.3, 0.4) is 0 Å². The molecule has 2 N–H and O–H groups in total. The quantitative estimate of drug-likeness (QED) is 0.534. The van der Waals surface area contributed by atoms with E-state index in [-0.39, 0.29) is 11.5 Å². The molecule has 8 atom stereocenters. The van der Waals surface area contributed by atoms with E-state index in [4.69, 9.17) is 0 Å². The van der Waals surface area contributed by atoms with Gasteiger partial charge in [-0.15, -0.1) is 0 Å². The first kappa shape index (κ1) is 21.6. The van der Waals surface area contributed by atoms with E-state index in [1.54, 1.807) is 5.57 Å². The van der Waals surface area contributed by atoms with Gasteiger partial charge in [0.15, 0.2) is 0 Å². The van der Waals surface area contributed by atoms with Crippen molar-refractivity contribution in [3.05, 3.63) is 23.3 Å². The zero-order valence-corrected chi connectivity index (χ0v) is 19.5. The summed E-state index contributed by atoms with van der Waals surface area (Å²) in [5.74, 6) is 2.48. The second kappa shape index (κ2) is 7.52. The van der Waals surface area contributed by atoms with E-state index < -0.39 is 5.60 Å². The molecule has 164 valence electrons. The Kier molecular flexibility index (Phi) is 5.61. The Hall–Kier alpha value is -0.600. The molecule has 3 fully saturated rings. The molecule has 0 aliphatic heterocycles. The maximum atomic E-state index is 12.0. The summed E-state index contributed by atoms with van der Waals surface area (Å²) in [7, 11) is 0. The minimum atomic E-state index is -0.508. The van der Waals surface area contributed by atoms with Crippen LogP contribution >= 0.6 is 0 Å². The monoisotopic (exact) mass is 400 g/mol. The van der Waals surface area contributed by atoms with Gasteiger partial charge in [0.25, 0.3) is 0 Å². The van der Waals surface area contributed by atoms with Gasteiger partial charge in [-0.2, -0.15) is 0 Å². The molecule has 2 heteroatoms. The zero-order chi connectivity index (χ0) is 21.0. The highest BCUT2D eigenvalue weighted by Gasteiger charge is 2.64. The minimum Gasteiger partial charge on any atom is -0.393 e. The fraction of sp³-hybridized carbons (Fsp3) is 0.852. The van der Waals surface area contributed by atoms with Crippen molar-refractivity contribution in [3.63, 3.8) is 0 Å². The van der Waals surface area contributed by atoms with E-state index in [9.17, 15) is 10.2 Å². The number of hydrogen-bond acceptors (Lipinski definition) is 2. The summed E-state index contributed by atoms with van der Waals surface area (Å²) in [4.78, 5) is 0. The fourth-order valence-corrected chi connectivity index (χ4v) is 8.36. The normalized spacial score (nSPS) is 47.5. The van der Waals surface area contributed by atoms with Crippen LogP contribution in [0.1, 0.15) is 98.8 Å². The standard InChI is InChI=1S/C27H44O2/c1-18(2)7-6-8-19(3)27(29)16-13-24-22-10-9-20-17-21(28)11-14-25(20,4)23(22)12-15-26(24,27)5/h7,9,19,21-24,28-29H,6,8,10-17H2,1-5H3/t19-,21-,22-,23+,24+,25+,26+,27+/m1/s1. The lowest BCUT2D eigenvalue weighted by atomic mass is 9.46. The number of allylic oxidation sites excluding steroid dienone is 3. The van der Waals surface area contributed by atoms with E-state index in [0.29, 0.717) is 17.3 Å². The zero-order valence-electron chi connectivity index (χ0n) is 19.5. The van der Waals surface area contributed by atoms with Crippen molar-refractivity contribution in [1.29, 1.82) is 0 Å². The van der Waals surface area contributed by atoms with Crippen LogP contribution in [0.15, 0.2) is 23.3 Å². The molecule has 0 aromatic heterocycles. The molecule has 0 saturated heterocycles. The summed E-state index contributed by atoms with van der Waals surface area (Å²) < 4.78 is 0. The summed E-state index contributed by atoms with van der Waals surface area (Å²) in [6.07, 6.45) is 15.7. The van der Waals surface area contributed by atoms with Crippen LogP contribution in [-0.2, 0) is 0 Å². The van der Waals surface area contributed by atoms with Gasteiger partial charge < -0.3 is 10.2 Å². The number of aliphatic hydroxyl groups is 2. The van der Waals surface area contributed by atoms with E-state index >= 15 is 0 Å². The molecule has 0 spiro atoms. The van der Waals surface area contributed by atoms with E-state index in [1.807, 2.05) is 0 Å². The molecule has 0 amide bonds. The number of rotatable bonds is 4. The lowest BCUT2D eigenvalue weighted by molar-refractivity contribution is -0.150. The van der Waals surface area contributed by atoms with Gasteiger partial charge >= 0.3 is 0 Å². The molecular formula is C27H44O2. The Bertz CT molecular complexity index is 689. The van der Waals surface area contributed by atoms with Crippen LogP contribution in [-0.4, -0.2) is 21.9 Å². The molecule has 2 nitrogen and oxygen atoms in total. The first-order valence-electron chi connectivity index (χ1n) is 12.3. The SMILES string of the molecule is CC(C)=CCC[C@@H](C)[C@@]1(O)CC[C@H]2[C@@H]3CC=C4C[C@H](O)CC[C@]4(C)[C@H]3CC[C@@]21C. The maximum Gasteiger partial charge on any atom is 0.0729 e. The lowest BCUT2D eigenvalue weighted by Crippen LogP contribution is -2.56. The molecule has 0 aromatic rings. The van der Waals surface area contributed by atoms with Gasteiger partial charge in [0.2, 0.25) is 0 Å². The van der Waals surface area contributed by atoms with Crippen molar-refractivity contribution < 1.29 is 10.2 Å². The summed E-state index contributed by atoms with van der Waals surface area (Å²) in [5, 5.41) is 22.2. The van der Waals surface area contributed by atoms with Crippen LogP contribution < -0.4 is 0 Å². The Morgan fingerprint density at radius 3 is 2.59 bits per heavy atom. The Balaban J connectivity index is 1.56. The molecule has 0 unspecified atom stereocenters. The van der Waals surface area contributed by atoms with E-state index in [1.165, 1.54) is 31.3 Å². The van der Waals surface area contributed by atoms with Crippen LogP contribution in [0, 0.1) is 34.5 Å². The third-order valence-corrected chi connectivity index (χ3v) is 10.3. The predicted molar refractivity (Wildman–Crippen MR) is 120 cm³/mol. The fourth-order valence-electron chi connectivity index (χ4n) is 8.36. The van der Waals surface area contributed by atoms with Crippen molar-refractivity contribution in [1.82, 2.24) is 0 Å². The van der Waals surface area contributed by atoms with Crippen molar-refractivity contribution in [2.24, 2.45) is 34.5 Å². The predicted octanol–water partition coefficient (Wildman–Crippen LogP) is 6.42. The summed E-state index contributed by atoms with van der Waals surface area (Å²) >= 11 is 0. The number of fused-ring (bicyclic) bond motifs is 5. The molecular weight excluding hydrogens is 356 g/mol. The second-order valence-corrected chi connectivity index (χ2v) is 11.8. The first-order valence-corrected chi connectivity index (χ1v) is 12.3. The Labute approximate surface area is 178 Å². The van der Waals surface area contributed by atoms with Gasteiger partial charge in [-0.25, -0.2) is 0 Å². The Morgan fingerprint density at radius 1 is 1.14 bits per heavy atom. The van der Waals surface area contributed by atoms with Gasteiger partial charge in [0, 0.05) is 0 Å². The van der Waals surface area contributed by atoms with E-state index in [0.717, 1.165) is 50.4 Å². The van der Waals surface area contributed by atoms with Crippen LogP contribution in [0.2, 0.25) is 0 Å². The van der Waals surface area contributed by atoms with E-state index in [2.05, 4.69) is 46.8 Å². The minimum absolute atomic E-state index is 0.0639. The smallest absolute Gasteiger partial charge is 0.0729 e. The second-order valence-electron chi connectivity index (χ2n) is 11.8. The molecule has 29 heavy (non-hydrogen) atoms. The van der Waals surface area contributed by atoms with Crippen molar-refractivity contribution >= 4 is 0 Å². The highest BCUT2D eigenvalue weighted by atomic mass is 16.3. The highest BCUT2D eigenvalue weighted by Crippen LogP contribution is 2.68. The molecule has 4 aliphatic rings. The first-order chi connectivity index (χ1) is 13.6. The van der Waals surface area contributed by atoms with Gasteiger partial charge in [0.1, 0.15) is 0 Å². The molecule has 0 heterocycles. The molecule has 4 aliphatic carbocycles. The van der Waals surface area contributed by atoms with Crippen molar-refractivity contribution in [3.8, 4) is 0 Å². The van der Waals surface area contributed by atoms with Crippen molar-refractivity contribution in [2.75, 3.05) is 0 Å². The van der Waals surface area contributed by atoms with Gasteiger partial charge in [-0.1, -0.05) is 44.1 Å².